The van der Waals surface area contributed by atoms with Crippen LogP contribution in [0, 0.1) is 18.6 Å². The van der Waals surface area contributed by atoms with Gasteiger partial charge in [0, 0.05) is 5.02 Å². The summed E-state index contributed by atoms with van der Waals surface area (Å²) in [4.78, 5) is 0. The molecule has 106 valence electrons. The van der Waals surface area contributed by atoms with Crippen LogP contribution in [0.25, 0.3) is 0 Å². The zero-order valence-electron chi connectivity index (χ0n) is 11.0. The average molecular weight is 297 g/mol. The first-order valence-electron chi connectivity index (χ1n) is 6.17. The molecule has 0 heterocycles. The maximum absolute atomic E-state index is 13.3. The van der Waals surface area contributed by atoms with E-state index < -0.39 is 5.82 Å². The summed E-state index contributed by atoms with van der Waals surface area (Å²) in [5, 5.41) is 0.294. The second-order valence-electron chi connectivity index (χ2n) is 4.66. The van der Waals surface area contributed by atoms with Gasteiger partial charge in [0.2, 0.25) is 0 Å². The van der Waals surface area contributed by atoms with E-state index in [9.17, 15) is 8.78 Å². The number of benzene rings is 2. The number of nitrogens with two attached hydrogens (primary N) is 1. The number of nitrogens with one attached hydrogen (secondary N) is 1. The van der Waals surface area contributed by atoms with Crippen molar-refractivity contribution >= 4 is 11.6 Å². The molecule has 0 bridgehead atoms. The predicted molar refractivity (Wildman–Crippen MR) is 76.3 cm³/mol. The summed E-state index contributed by atoms with van der Waals surface area (Å²) in [5.74, 6) is 4.85. The maximum atomic E-state index is 13.3. The second-order valence-corrected chi connectivity index (χ2v) is 5.07. The van der Waals surface area contributed by atoms with Gasteiger partial charge in [-0.3, -0.25) is 11.3 Å². The molecule has 3 N–H and O–H groups in total. The number of hydrogen-bond donors (Lipinski definition) is 2. The fraction of sp³-hybridized carbons (Fsp3) is 0.200. The first-order chi connectivity index (χ1) is 9.51. The third-order valence-electron chi connectivity index (χ3n) is 3.27. The minimum absolute atomic E-state index is 0.294. The van der Waals surface area contributed by atoms with Crippen molar-refractivity contribution in [3.8, 4) is 0 Å². The molecule has 2 aromatic carbocycles. The molecule has 0 spiro atoms. The van der Waals surface area contributed by atoms with Crippen molar-refractivity contribution in [2.75, 3.05) is 0 Å². The molecule has 0 fully saturated rings. The fourth-order valence-electron chi connectivity index (χ4n) is 2.12. The highest BCUT2D eigenvalue weighted by Crippen LogP contribution is 2.27. The van der Waals surface area contributed by atoms with Crippen molar-refractivity contribution in [2.24, 2.45) is 5.84 Å². The van der Waals surface area contributed by atoms with Gasteiger partial charge in [0.15, 0.2) is 0 Å². The van der Waals surface area contributed by atoms with E-state index in [1.54, 1.807) is 12.1 Å². The first-order valence-corrected chi connectivity index (χ1v) is 6.55. The van der Waals surface area contributed by atoms with Crippen LogP contribution >= 0.6 is 11.6 Å². The molecule has 0 amide bonds. The molecule has 2 nitrogen and oxygen atoms in total. The van der Waals surface area contributed by atoms with E-state index >= 15 is 0 Å². The summed E-state index contributed by atoms with van der Waals surface area (Å²) >= 11 is 6.03. The third-order valence-corrected chi connectivity index (χ3v) is 3.60. The van der Waals surface area contributed by atoms with E-state index in [4.69, 9.17) is 17.4 Å². The van der Waals surface area contributed by atoms with Crippen LogP contribution in [0.5, 0.6) is 0 Å². The molecular formula is C15H15ClF2N2. The minimum atomic E-state index is -0.406. The van der Waals surface area contributed by atoms with Gasteiger partial charge >= 0.3 is 0 Å². The highest BCUT2D eigenvalue weighted by Gasteiger charge is 2.16. The minimum Gasteiger partial charge on any atom is -0.271 e. The Kier molecular flexibility index (Phi) is 4.70. The van der Waals surface area contributed by atoms with Crippen LogP contribution < -0.4 is 11.3 Å². The summed E-state index contributed by atoms with van der Waals surface area (Å²) in [7, 11) is 0. The molecule has 2 rings (SSSR count). The van der Waals surface area contributed by atoms with Gasteiger partial charge in [0.05, 0.1) is 6.04 Å². The largest absolute Gasteiger partial charge is 0.271 e. The van der Waals surface area contributed by atoms with Gasteiger partial charge in [-0.2, -0.15) is 0 Å². The van der Waals surface area contributed by atoms with E-state index in [-0.39, 0.29) is 11.9 Å². The van der Waals surface area contributed by atoms with Crippen LogP contribution in [0.1, 0.15) is 22.7 Å². The normalized spacial score (nSPS) is 12.4. The zero-order chi connectivity index (χ0) is 14.7. The smallest absolute Gasteiger partial charge is 0.124 e. The quantitative estimate of drug-likeness (QED) is 0.667. The number of hydrazine groups is 1. The SMILES string of the molecule is Cc1ccc(F)cc1CC(NN)c1ccc(F)cc1Cl. The molecule has 0 aliphatic carbocycles. The molecule has 0 aliphatic rings. The van der Waals surface area contributed by atoms with Crippen molar-refractivity contribution in [3.63, 3.8) is 0 Å². The topological polar surface area (TPSA) is 38.0 Å². The van der Waals surface area contributed by atoms with Crippen molar-refractivity contribution in [3.05, 3.63) is 69.7 Å². The molecule has 5 heteroatoms. The van der Waals surface area contributed by atoms with E-state index in [2.05, 4.69) is 5.43 Å². The van der Waals surface area contributed by atoms with Crippen LogP contribution in [0.4, 0.5) is 8.78 Å². The van der Waals surface area contributed by atoms with E-state index in [0.717, 1.165) is 11.1 Å². The molecule has 0 aromatic heterocycles. The van der Waals surface area contributed by atoms with Crippen molar-refractivity contribution in [1.29, 1.82) is 0 Å². The summed E-state index contributed by atoms with van der Waals surface area (Å²) in [6, 6.07) is 8.42. The van der Waals surface area contributed by atoms with Crippen LogP contribution in [-0.4, -0.2) is 0 Å². The van der Waals surface area contributed by atoms with Gasteiger partial charge in [0.1, 0.15) is 11.6 Å². The lowest BCUT2D eigenvalue weighted by Gasteiger charge is -2.19. The molecule has 0 aliphatic heterocycles. The standard InChI is InChI=1S/C15H15ClF2N2/c1-9-2-3-11(17)6-10(9)7-15(20-19)13-5-4-12(18)8-14(13)16/h2-6,8,15,20H,7,19H2,1H3. The Hall–Kier alpha value is -1.49. The highest BCUT2D eigenvalue weighted by atomic mass is 35.5. The number of halogens is 3. The van der Waals surface area contributed by atoms with Crippen LogP contribution in [-0.2, 0) is 6.42 Å². The van der Waals surface area contributed by atoms with E-state index in [0.29, 0.717) is 17.0 Å². The average Bonchev–Trinajstić information content (AvgIpc) is 2.40. The van der Waals surface area contributed by atoms with E-state index in [1.807, 2.05) is 6.92 Å². The first kappa shape index (κ1) is 14.9. The lowest BCUT2D eigenvalue weighted by molar-refractivity contribution is 0.545. The Labute approximate surface area is 121 Å². The van der Waals surface area contributed by atoms with E-state index in [1.165, 1.54) is 24.3 Å². The van der Waals surface area contributed by atoms with Crippen molar-refractivity contribution in [1.82, 2.24) is 5.43 Å². The molecule has 0 saturated carbocycles. The summed E-state index contributed by atoms with van der Waals surface area (Å²) < 4.78 is 26.4. The lowest BCUT2D eigenvalue weighted by Crippen LogP contribution is -2.30. The predicted octanol–water partition coefficient (Wildman–Crippen LogP) is 3.67. The summed E-state index contributed by atoms with van der Waals surface area (Å²) in [6.45, 7) is 1.90. The van der Waals surface area contributed by atoms with Crippen LogP contribution in [0.2, 0.25) is 5.02 Å². The molecule has 1 unspecified atom stereocenters. The van der Waals surface area contributed by atoms with Crippen LogP contribution in [0.15, 0.2) is 36.4 Å². The Morgan fingerprint density at radius 2 is 1.80 bits per heavy atom. The maximum Gasteiger partial charge on any atom is 0.124 e. The van der Waals surface area contributed by atoms with Gasteiger partial charge < -0.3 is 0 Å². The second kappa shape index (κ2) is 6.31. The Morgan fingerprint density at radius 1 is 1.15 bits per heavy atom. The highest BCUT2D eigenvalue weighted by molar-refractivity contribution is 6.31. The molecule has 20 heavy (non-hydrogen) atoms. The molecule has 0 saturated heterocycles. The van der Waals surface area contributed by atoms with Crippen LogP contribution in [0.3, 0.4) is 0 Å². The molecule has 1 atom stereocenters. The van der Waals surface area contributed by atoms with Crippen molar-refractivity contribution in [2.45, 2.75) is 19.4 Å². The lowest BCUT2D eigenvalue weighted by atomic mass is 9.96. The fourth-order valence-corrected chi connectivity index (χ4v) is 2.42. The Morgan fingerprint density at radius 3 is 2.45 bits per heavy atom. The van der Waals surface area contributed by atoms with Gasteiger partial charge in [-0.05, 0) is 54.3 Å². The number of rotatable bonds is 4. The summed E-state index contributed by atoms with van der Waals surface area (Å²) in [5.41, 5.74) is 5.11. The van der Waals surface area contributed by atoms with Gasteiger partial charge in [-0.25, -0.2) is 8.78 Å². The Bertz CT molecular complexity index is 617. The monoisotopic (exact) mass is 296 g/mol. The van der Waals surface area contributed by atoms with Crippen molar-refractivity contribution < 1.29 is 8.78 Å². The molecular weight excluding hydrogens is 282 g/mol. The zero-order valence-corrected chi connectivity index (χ0v) is 11.7. The number of hydrogen-bond acceptors (Lipinski definition) is 2. The number of aryl methyl sites for hydroxylation is 1. The summed E-state index contributed by atoms with van der Waals surface area (Å²) in [6.07, 6.45) is 0.464. The van der Waals surface area contributed by atoms with Gasteiger partial charge in [0.25, 0.3) is 0 Å². The Balaban J connectivity index is 2.31. The molecule has 2 aromatic rings. The van der Waals surface area contributed by atoms with Gasteiger partial charge in [-0.1, -0.05) is 23.7 Å². The molecule has 0 radical (unpaired) electrons. The van der Waals surface area contributed by atoms with Gasteiger partial charge in [-0.15, -0.1) is 0 Å². The third kappa shape index (κ3) is 3.33.